The Labute approximate surface area is 186 Å². The van der Waals surface area contributed by atoms with Crippen molar-refractivity contribution in [3.05, 3.63) is 29.6 Å². The number of halogens is 1. The van der Waals surface area contributed by atoms with Crippen LogP contribution < -0.4 is 5.32 Å². The van der Waals surface area contributed by atoms with Crippen molar-refractivity contribution in [2.45, 2.75) is 88.8 Å². The third kappa shape index (κ3) is 8.96. The molecule has 172 valence electrons. The standard InChI is InChI=1S/C22H38FNO4SSi/c1-21(2,3)27-20(26)24-14-17(28-30(8,9)22(4,5)6)13-19(25)15-10-16(23)12-18(11-15)29-7/h10-12,17,19,25H,13-14H2,1-9H3,(H,24,26)/t17-,19-/m1/s1. The lowest BCUT2D eigenvalue weighted by Gasteiger charge is -2.40. The average Bonchev–Trinajstić information content (AvgIpc) is 2.56. The lowest BCUT2D eigenvalue weighted by atomic mass is 10.0. The molecule has 0 saturated carbocycles. The highest BCUT2D eigenvalue weighted by Crippen LogP contribution is 2.38. The van der Waals surface area contributed by atoms with Crippen LogP contribution in [0.4, 0.5) is 9.18 Å². The second-order valence-corrected chi connectivity index (χ2v) is 15.7. The van der Waals surface area contributed by atoms with Gasteiger partial charge in [0.15, 0.2) is 8.32 Å². The predicted octanol–water partition coefficient (Wildman–Crippen LogP) is 5.89. The van der Waals surface area contributed by atoms with Gasteiger partial charge in [-0.2, -0.15) is 0 Å². The largest absolute Gasteiger partial charge is 0.444 e. The summed E-state index contributed by atoms with van der Waals surface area (Å²) in [5.41, 5.74) is -0.102. The molecule has 2 N–H and O–H groups in total. The molecule has 2 atom stereocenters. The number of amides is 1. The third-order valence-corrected chi connectivity index (χ3v) is 10.4. The highest BCUT2D eigenvalue weighted by Gasteiger charge is 2.39. The van der Waals surface area contributed by atoms with Gasteiger partial charge in [-0.1, -0.05) is 20.8 Å². The van der Waals surface area contributed by atoms with Crippen LogP contribution >= 0.6 is 11.8 Å². The maximum absolute atomic E-state index is 13.9. The van der Waals surface area contributed by atoms with Gasteiger partial charge < -0.3 is 19.6 Å². The Hall–Kier alpha value is -1.09. The van der Waals surface area contributed by atoms with Crippen molar-refractivity contribution in [3.63, 3.8) is 0 Å². The zero-order valence-electron chi connectivity index (χ0n) is 19.8. The number of hydrogen-bond acceptors (Lipinski definition) is 5. The molecule has 0 aromatic heterocycles. The highest BCUT2D eigenvalue weighted by atomic mass is 32.2. The summed E-state index contributed by atoms with van der Waals surface area (Å²) >= 11 is 1.42. The van der Waals surface area contributed by atoms with E-state index in [1.165, 1.54) is 23.9 Å². The fourth-order valence-corrected chi connectivity index (χ4v) is 4.41. The summed E-state index contributed by atoms with van der Waals surface area (Å²) in [7, 11) is -2.16. The molecule has 0 saturated heterocycles. The lowest BCUT2D eigenvalue weighted by Crippen LogP contribution is -2.47. The van der Waals surface area contributed by atoms with E-state index in [9.17, 15) is 14.3 Å². The first kappa shape index (κ1) is 26.9. The molecule has 0 heterocycles. The van der Waals surface area contributed by atoms with Gasteiger partial charge in [-0.25, -0.2) is 9.18 Å². The van der Waals surface area contributed by atoms with Crippen molar-refractivity contribution in [3.8, 4) is 0 Å². The van der Waals surface area contributed by atoms with Crippen LogP contribution in [-0.4, -0.2) is 44.0 Å². The number of rotatable bonds is 8. The zero-order valence-corrected chi connectivity index (χ0v) is 21.6. The van der Waals surface area contributed by atoms with Crippen molar-refractivity contribution in [1.29, 1.82) is 0 Å². The van der Waals surface area contributed by atoms with Crippen LogP contribution in [0.3, 0.4) is 0 Å². The van der Waals surface area contributed by atoms with Crippen LogP contribution in [-0.2, 0) is 9.16 Å². The lowest BCUT2D eigenvalue weighted by molar-refractivity contribution is 0.0453. The maximum atomic E-state index is 13.9. The fourth-order valence-electron chi connectivity index (χ4n) is 2.56. The minimum absolute atomic E-state index is 0.0347. The topological polar surface area (TPSA) is 67.8 Å². The summed E-state index contributed by atoms with van der Waals surface area (Å²) < 4.78 is 25.7. The van der Waals surface area contributed by atoms with Crippen molar-refractivity contribution in [2.75, 3.05) is 12.8 Å². The Morgan fingerprint density at radius 3 is 2.30 bits per heavy atom. The summed E-state index contributed by atoms with van der Waals surface area (Å²) in [5.74, 6) is -0.385. The van der Waals surface area contributed by atoms with Crippen molar-refractivity contribution in [1.82, 2.24) is 5.32 Å². The first-order valence-electron chi connectivity index (χ1n) is 10.2. The summed E-state index contributed by atoms with van der Waals surface area (Å²) in [5, 5.41) is 13.5. The number of carbonyl (C=O) groups excluding carboxylic acids is 1. The molecule has 0 aliphatic carbocycles. The number of thioether (sulfide) groups is 1. The second-order valence-electron chi connectivity index (χ2n) is 10.1. The van der Waals surface area contributed by atoms with E-state index in [2.05, 4.69) is 39.2 Å². The number of nitrogens with one attached hydrogen (secondary N) is 1. The van der Waals surface area contributed by atoms with Gasteiger partial charge >= 0.3 is 6.09 Å². The van der Waals surface area contributed by atoms with E-state index in [4.69, 9.17) is 9.16 Å². The smallest absolute Gasteiger partial charge is 0.407 e. The molecule has 1 aromatic carbocycles. The molecule has 0 fully saturated rings. The van der Waals surface area contributed by atoms with Gasteiger partial charge in [0.25, 0.3) is 0 Å². The van der Waals surface area contributed by atoms with Gasteiger partial charge in [0.1, 0.15) is 11.4 Å². The molecule has 1 aromatic rings. The molecule has 0 aliphatic rings. The van der Waals surface area contributed by atoms with Crippen LogP contribution in [0.2, 0.25) is 18.1 Å². The third-order valence-electron chi connectivity index (χ3n) is 5.14. The quantitative estimate of drug-likeness (QED) is 0.375. The minimum Gasteiger partial charge on any atom is -0.444 e. The molecular formula is C22H38FNO4SSi. The Kier molecular flexibility index (Phi) is 9.41. The summed E-state index contributed by atoms with van der Waals surface area (Å²) in [6.07, 6.45) is 0.214. The number of aliphatic hydroxyl groups excluding tert-OH is 1. The SMILES string of the molecule is CSc1cc(F)cc([C@H](O)C[C@H](CNC(=O)OC(C)(C)C)O[Si](C)(C)C(C)(C)C)c1. The Balaban J connectivity index is 2.99. The Morgan fingerprint density at radius 2 is 1.80 bits per heavy atom. The molecule has 1 amide bonds. The van der Waals surface area contributed by atoms with E-state index in [1.807, 2.05) is 6.26 Å². The highest BCUT2D eigenvalue weighted by molar-refractivity contribution is 7.98. The summed E-state index contributed by atoms with van der Waals surface area (Å²) in [6, 6.07) is 4.56. The molecule has 1 rings (SSSR count). The zero-order chi connectivity index (χ0) is 23.3. The van der Waals surface area contributed by atoms with Gasteiger partial charge in [-0.05, 0) is 68.9 Å². The van der Waals surface area contributed by atoms with Gasteiger partial charge in [0.2, 0.25) is 0 Å². The minimum atomic E-state index is -2.16. The molecule has 0 aliphatic heterocycles. The van der Waals surface area contributed by atoms with Crippen molar-refractivity contribution >= 4 is 26.2 Å². The molecule has 0 bridgehead atoms. The van der Waals surface area contributed by atoms with E-state index in [0.29, 0.717) is 5.56 Å². The molecule has 0 unspecified atom stereocenters. The summed E-state index contributed by atoms with van der Waals surface area (Å²) in [6.45, 7) is 16.2. The average molecular weight is 460 g/mol. The molecule has 0 spiro atoms. The normalized spacial score (nSPS) is 14.9. The van der Waals surface area contributed by atoms with E-state index in [-0.39, 0.29) is 23.8 Å². The molecule has 0 radical (unpaired) electrons. The van der Waals surface area contributed by atoms with Crippen LogP contribution in [0, 0.1) is 5.82 Å². The molecule has 8 heteroatoms. The maximum Gasteiger partial charge on any atom is 0.407 e. The number of ether oxygens (including phenoxy) is 1. The Morgan fingerprint density at radius 1 is 1.20 bits per heavy atom. The van der Waals surface area contributed by atoms with Crippen LogP contribution in [0.1, 0.15) is 59.6 Å². The number of carbonyl (C=O) groups is 1. The van der Waals surface area contributed by atoms with Crippen molar-refractivity contribution in [2.24, 2.45) is 0 Å². The van der Waals surface area contributed by atoms with E-state index < -0.39 is 32.2 Å². The van der Waals surface area contributed by atoms with Crippen LogP contribution in [0.15, 0.2) is 23.1 Å². The first-order valence-corrected chi connectivity index (χ1v) is 14.3. The van der Waals surface area contributed by atoms with Crippen molar-refractivity contribution < 1.29 is 23.5 Å². The van der Waals surface area contributed by atoms with E-state index in [0.717, 1.165) is 4.90 Å². The summed E-state index contributed by atoms with van der Waals surface area (Å²) in [4.78, 5) is 12.9. The fraction of sp³-hybridized carbons (Fsp3) is 0.682. The van der Waals surface area contributed by atoms with Crippen LogP contribution in [0.5, 0.6) is 0 Å². The number of hydrogen-bond donors (Lipinski definition) is 2. The first-order chi connectivity index (χ1) is 13.5. The number of alkyl carbamates (subject to hydrolysis) is 1. The molecule has 30 heavy (non-hydrogen) atoms. The van der Waals surface area contributed by atoms with Gasteiger partial charge in [-0.15, -0.1) is 11.8 Å². The number of aliphatic hydroxyl groups is 1. The van der Waals surface area contributed by atoms with Gasteiger partial charge in [0.05, 0.1) is 12.2 Å². The molecular weight excluding hydrogens is 421 g/mol. The van der Waals surface area contributed by atoms with Crippen LogP contribution in [0.25, 0.3) is 0 Å². The monoisotopic (exact) mass is 459 g/mol. The van der Waals surface area contributed by atoms with E-state index >= 15 is 0 Å². The Bertz CT molecular complexity index is 716. The van der Waals surface area contributed by atoms with Gasteiger partial charge in [-0.3, -0.25) is 0 Å². The predicted molar refractivity (Wildman–Crippen MR) is 124 cm³/mol. The van der Waals surface area contributed by atoms with Gasteiger partial charge in [0, 0.05) is 17.9 Å². The number of benzene rings is 1. The van der Waals surface area contributed by atoms with E-state index in [1.54, 1.807) is 26.8 Å². The molecule has 5 nitrogen and oxygen atoms in total. The second kappa shape index (κ2) is 10.5.